The Kier molecular flexibility index (Phi) is 6.02. The lowest BCUT2D eigenvalue weighted by molar-refractivity contribution is 0.0923. The maximum absolute atomic E-state index is 12.5. The summed E-state index contributed by atoms with van der Waals surface area (Å²) < 4.78 is 7.92. The number of carbonyl (C=O) groups is 1. The third kappa shape index (κ3) is 4.67. The second-order valence-electron chi connectivity index (χ2n) is 10.4. The number of hydrogen-bond donors (Lipinski definition) is 1. The maximum atomic E-state index is 12.5. The zero-order chi connectivity index (χ0) is 22.9. The molecular weight excluding hydrogens is 398 g/mol. The van der Waals surface area contributed by atoms with Crippen molar-refractivity contribution in [3.63, 3.8) is 0 Å². The van der Waals surface area contributed by atoms with E-state index in [1.54, 1.807) is 18.6 Å². The van der Waals surface area contributed by atoms with E-state index in [0.29, 0.717) is 18.7 Å². The molecule has 1 amide bonds. The van der Waals surface area contributed by atoms with Crippen molar-refractivity contribution in [3.8, 4) is 0 Å². The molecule has 0 radical (unpaired) electrons. The van der Waals surface area contributed by atoms with Crippen LogP contribution in [0.4, 0.5) is 0 Å². The monoisotopic (exact) mass is 433 g/mol. The van der Waals surface area contributed by atoms with Crippen LogP contribution in [0, 0.1) is 6.92 Å². The zero-order valence-electron chi connectivity index (χ0n) is 20.0. The van der Waals surface area contributed by atoms with Crippen LogP contribution in [0.2, 0.25) is 0 Å². The fourth-order valence-electron chi connectivity index (χ4n) is 4.71. The molecule has 5 heteroatoms. The Labute approximate surface area is 191 Å². The van der Waals surface area contributed by atoms with Gasteiger partial charge in [-0.15, -0.1) is 0 Å². The second-order valence-corrected chi connectivity index (χ2v) is 10.4. The fraction of sp³-hybridized carbons (Fsp3) is 0.481. The molecule has 170 valence electrons. The molecule has 0 atom stereocenters. The molecular formula is C27H35N3O2. The minimum Gasteiger partial charge on any atom is -0.456 e. The molecule has 0 saturated carbocycles. The highest BCUT2D eigenvalue weighted by Gasteiger charge is 2.37. The van der Waals surface area contributed by atoms with Gasteiger partial charge in [0.05, 0.1) is 6.33 Å². The number of amides is 1. The van der Waals surface area contributed by atoms with Crippen LogP contribution < -0.4 is 5.32 Å². The smallest absolute Gasteiger partial charge is 0.286 e. The van der Waals surface area contributed by atoms with Gasteiger partial charge >= 0.3 is 0 Å². The van der Waals surface area contributed by atoms with Crippen molar-refractivity contribution in [2.45, 2.75) is 77.7 Å². The first-order valence-electron chi connectivity index (χ1n) is 11.6. The van der Waals surface area contributed by atoms with Crippen LogP contribution in [0.3, 0.4) is 0 Å². The summed E-state index contributed by atoms with van der Waals surface area (Å²) in [6.45, 7) is 13.0. The fourth-order valence-corrected chi connectivity index (χ4v) is 4.71. The van der Waals surface area contributed by atoms with Gasteiger partial charge in [-0.25, -0.2) is 4.98 Å². The van der Waals surface area contributed by atoms with Gasteiger partial charge in [-0.3, -0.25) is 4.79 Å². The largest absolute Gasteiger partial charge is 0.456 e. The van der Waals surface area contributed by atoms with Gasteiger partial charge in [0.15, 0.2) is 5.76 Å². The summed E-state index contributed by atoms with van der Waals surface area (Å²) in [4.78, 5) is 16.5. The third-order valence-corrected chi connectivity index (χ3v) is 7.00. The summed E-state index contributed by atoms with van der Waals surface area (Å²) >= 11 is 0. The van der Waals surface area contributed by atoms with E-state index < -0.39 is 0 Å². The molecule has 32 heavy (non-hydrogen) atoms. The molecule has 5 nitrogen and oxygen atoms in total. The molecule has 0 saturated heterocycles. The maximum Gasteiger partial charge on any atom is 0.286 e. The molecule has 1 aliphatic carbocycles. The predicted octanol–water partition coefficient (Wildman–Crippen LogP) is 5.54. The van der Waals surface area contributed by atoms with E-state index >= 15 is 0 Å². The topological polar surface area (TPSA) is 60.1 Å². The van der Waals surface area contributed by atoms with Crippen molar-refractivity contribution >= 4 is 5.91 Å². The van der Waals surface area contributed by atoms with E-state index in [4.69, 9.17) is 4.42 Å². The van der Waals surface area contributed by atoms with Crippen LogP contribution in [0.25, 0.3) is 0 Å². The van der Waals surface area contributed by atoms with Crippen molar-refractivity contribution in [3.05, 3.63) is 76.8 Å². The summed E-state index contributed by atoms with van der Waals surface area (Å²) in [5.74, 6) is 1.04. The van der Waals surface area contributed by atoms with Crippen LogP contribution >= 0.6 is 0 Å². The number of nitrogens with zero attached hydrogens (tertiary/aromatic N) is 2. The number of carbonyl (C=O) groups excluding carboxylic acids is 1. The highest BCUT2D eigenvalue weighted by atomic mass is 16.3. The minimum atomic E-state index is -0.160. The second kappa shape index (κ2) is 8.61. The van der Waals surface area contributed by atoms with Crippen molar-refractivity contribution in [1.29, 1.82) is 0 Å². The van der Waals surface area contributed by atoms with Crippen LogP contribution in [0.5, 0.6) is 0 Å². The van der Waals surface area contributed by atoms with Gasteiger partial charge in [0.2, 0.25) is 0 Å². The normalized spacial score (nSPS) is 16.5. The zero-order valence-corrected chi connectivity index (χ0v) is 20.0. The molecule has 0 aliphatic heterocycles. The average Bonchev–Trinajstić information content (AvgIpc) is 3.42. The van der Waals surface area contributed by atoms with Gasteiger partial charge in [0.25, 0.3) is 5.91 Å². The number of aryl methyl sites for hydroxylation is 2. The molecule has 2 heterocycles. The summed E-state index contributed by atoms with van der Waals surface area (Å²) in [5.41, 5.74) is 5.88. The molecule has 0 bridgehead atoms. The first kappa shape index (κ1) is 22.4. The molecule has 0 unspecified atom stereocenters. The van der Waals surface area contributed by atoms with Crippen molar-refractivity contribution < 1.29 is 9.21 Å². The quantitative estimate of drug-likeness (QED) is 0.497. The first-order chi connectivity index (χ1) is 15.2. The molecule has 1 aliphatic rings. The Morgan fingerprint density at radius 1 is 1.12 bits per heavy atom. The Hall–Kier alpha value is -2.82. The van der Waals surface area contributed by atoms with Crippen LogP contribution in [0.15, 0.2) is 47.4 Å². The van der Waals surface area contributed by atoms with Crippen molar-refractivity contribution in [2.24, 2.45) is 0 Å². The van der Waals surface area contributed by atoms with E-state index in [1.165, 1.54) is 35.1 Å². The van der Waals surface area contributed by atoms with Gasteiger partial charge in [0, 0.05) is 31.9 Å². The number of hydrogen-bond acceptors (Lipinski definition) is 3. The highest BCUT2D eigenvalue weighted by Crippen LogP contribution is 2.46. The lowest BCUT2D eigenvalue weighted by Crippen LogP contribution is -2.34. The van der Waals surface area contributed by atoms with Crippen molar-refractivity contribution in [2.75, 3.05) is 6.54 Å². The number of benzene rings is 1. The lowest BCUT2D eigenvalue weighted by atomic mass is 9.62. The van der Waals surface area contributed by atoms with Gasteiger partial charge in [-0.05, 0) is 71.4 Å². The Bertz CT molecular complexity index is 1090. The van der Waals surface area contributed by atoms with Crippen LogP contribution in [-0.2, 0) is 23.8 Å². The number of aromatic nitrogens is 2. The number of furan rings is 1. The molecule has 0 spiro atoms. The van der Waals surface area contributed by atoms with Gasteiger partial charge in [0.1, 0.15) is 5.76 Å². The molecule has 3 aromatic rings. The average molecular weight is 434 g/mol. The molecule has 1 aromatic carbocycles. The van der Waals surface area contributed by atoms with Gasteiger partial charge in [-0.1, -0.05) is 39.8 Å². The van der Waals surface area contributed by atoms with Crippen molar-refractivity contribution in [1.82, 2.24) is 14.9 Å². The molecule has 1 N–H and O–H groups in total. The molecule has 2 aromatic heterocycles. The van der Waals surface area contributed by atoms with E-state index in [0.717, 1.165) is 18.7 Å². The number of fused-ring (bicyclic) bond motifs is 1. The molecule has 4 rings (SSSR count). The summed E-state index contributed by atoms with van der Waals surface area (Å²) in [6.07, 6.45) is 9.41. The summed E-state index contributed by atoms with van der Waals surface area (Å²) in [6, 6.07) is 8.46. The SMILES string of the molecule is Cc1cc2c(cc1Cc1ccc(C(=O)NCCCn3ccnc3)o1)C(C)(C)CCC2(C)C. The van der Waals surface area contributed by atoms with Gasteiger partial charge in [-0.2, -0.15) is 0 Å². The van der Waals surface area contributed by atoms with E-state index in [2.05, 4.69) is 57.1 Å². The summed E-state index contributed by atoms with van der Waals surface area (Å²) in [7, 11) is 0. The van der Waals surface area contributed by atoms with E-state index in [9.17, 15) is 4.79 Å². The Morgan fingerprint density at radius 2 is 1.84 bits per heavy atom. The van der Waals surface area contributed by atoms with Crippen LogP contribution in [-0.4, -0.2) is 22.0 Å². The number of imidazole rings is 1. The van der Waals surface area contributed by atoms with E-state index in [1.807, 2.05) is 16.8 Å². The first-order valence-corrected chi connectivity index (χ1v) is 11.6. The lowest BCUT2D eigenvalue weighted by Gasteiger charge is -2.42. The van der Waals surface area contributed by atoms with E-state index in [-0.39, 0.29) is 16.7 Å². The summed E-state index contributed by atoms with van der Waals surface area (Å²) in [5, 5.41) is 2.94. The molecule has 0 fully saturated rings. The van der Waals surface area contributed by atoms with Crippen LogP contribution in [0.1, 0.15) is 85.5 Å². The Balaban J connectivity index is 1.42. The number of nitrogens with one attached hydrogen (secondary N) is 1. The Morgan fingerprint density at radius 3 is 2.53 bits per heavy atom. The minimum absolute atomic E-state index is 0.160. The number of rotatable bonds is 7. The predicted molar refractivity (Wildman–Crippen MR) is 127 cm³/mol. The van der Waals surface area contributed by atoms with Gasteiger partial charge < -0.3 is 14.3 Å². The third-order valence-electron chi connectivity index (χ3n) is 7.00. The standard InChI is InChI=1S/C27H35N3O2/c1-19-15-22-23(27(4,5)10-9-26(22,2)3)17-20(19)16-21-7-8-24(32-21)25(31)29-11-6-13-30-14-12-28-18-30/h7-8,12,14-15,17-18H,6,9-11,13,16H2,1-5H3,(H,29,31). The highest BCUT2D eigenvalue weighted by molar-refractivity contribution is 5.91.